The second-order valence-corrected chi connectivity index (χ2v) is 12.3. The van der Waals surface area contributed by atoms with Crippen LogP contribution in [0.4, 0.5) is 0 Å². The van der Waals surface area contributed by atoms with Crippen LogP contribution in [0.15, 0.2) is 35.9 Å². The van der Waals surface area contributed by atoms with Gasteiger partial charge in [0.15, 0.2) is 5.78 Å². The number of esters is 1. The van der Waals surface area contributed by atoms with Gasteiger partial charge in [-0.25, -0.2) is 4.79 Å². The number of carbonyl (C=O) groups excluding carboxylic acids is 2. The van der Waals surface area contributed by atoms with Crippen LogP contribution in [0.3, 0.4) is 0 Å². The fraction of sp³-hybridized carbons (Fsp3) is 0.593. The molecule has 3 saturated carbocycles. The van der Waals surface area contributed by atoms with Gasteiger partial charge in [-0.3, -0.25) is 9.59 Å². The van der Waals surface area contributed by atoms with Crippen molar-refractivity contribution in [3.8, 4) is 0 Å². The van der Waals surface area contributed by atoms with E-state index in [1.54, 1.807) is 6.08 Å². The molecular weight excluding hydrogens is 531 g/mol. The maximum atomic E-state index is 12.9. The van der Waals surface area contributed by atoms with Crippen molar-refractivity contribution in [2.45, 2.75) is 64.9 Å². The van der Waals surface area contributed by atoms with Crippen molar-refractivity contribution < 1.29 is 24.2 Å². The first-order chi connectivity index (χ1) is 15.6. The highest BCUT2D eigenvalue weighted by atomic mass is 127. The molecule has 0 bridgehead atoms. The van der Waals surface area contributed by atoms with E-state index < -0.39 is 11.9 Å². The molecule has 0 radical (unpaired) electrons. The Labute approximate surface area is 208 Å². The summed E-state index contributed by atoms with van der Waals surface area (Å²) in [6.45, 7) is 4.50. The summed E-state index contributed by atoms with van der Waals surface area (Å²) in [5.74, 6) is -1.06. The fourth-order valence-electron chi connectivity index (χ4n) is 7.81. The molecule has 6 heteroatoms. The summed E-state index contributed by atoms with van der Waals surface area (Å²) in [4.78, 5) is 37.1. The molecule has 0 aromatic heterocycles. The number of ether oxygens (including phenoxy) is 1. The molecule has 4 aliphatic rings. The van der Waals surface area contributed by atoms with Crippen LogP contribution in [0, 0.1) is 38.1 Å². The Morgan fingerprint density at radius 2 is 1.91 bits per heavy atom. The Morgan fingerprint density at radius 1 is 1.12 bits per heavy atom. The number of halogens is 1. The zero-order chi connectivity index (χ0) is 23.5. The molecule has 0 saturated heterocycles. The van der Waals surface area contributed by atoms with Gasteiger partial charge in [-0.05, 0) is 115 Å². The summed E-state index contributed by atoms with van der Waals surface area (Å²) in [6.07, 6.45) is 7.78. The second kappa shape index (κ2) is 8.21. The molecule has 5 nitrogen and oxygen atoms in total. The van der Waals surface area contributed by atoms with Gasteiger partial charge in [-0.1, -0.05) is 25.5 Å². The Balaban J connectivity index is 1.37. The number of hydrogen-bond acceptors (Lipinski definition) is 4. The van der Waals surface area contributed by atoms with E-state index >= 15 is 0 Å². The summed E-state index contributed by atoms with van der Waals surface area (Å²) in [7, 11) is 0. The summed E-state index contributed by atoms with van der Waals surface area (Å²) in [5.41, 5.74) is 1.49. The molecule has 5 rings (SSSR count). The summed E-state index contributed by atoms with van der Waals surface area (Å²) < 4.78 is 7.14. The largest absolute Gasteiger partial charge is 0.481 e. The smallest absolute Gasteiger partial charge is 0.338 e. The van der Waals surface area contributed by atoms with Gasteiger partial charge in [-0.2, -0.15) is 0 Å². The highest BCUT2D eigenvalue weighted by molar-refractivity contribution is 14.1. The van der Waals surface area contributed by atoms with E-state index in [0.29, 0.717) is 29.7 Å². The maximum Gasteiger partial charge on any atom is 0.338 e. The van der Waals surface area contributed by atoms with Gasteiger partial charge in [0.25, 0.3) is 0 Å². The molecule has 4 aliphatic carbocycles. The first-order valence-electron chi connectivity index (χ1n) is 12.1. The summed E-state index contributed by atoms with van der Waals surface area (Å²) in [5, 5.41) is 9.63. The van der Waals surface area contributed by atoms with Crippen LogP contribution >= 0.6 is 22.6 Å². The monoisotopic (exact) mass is 562 g/mol. The maximum absolute atomic E-state index is 12.9. The average molecular weight is 562 g/mol. The molecule has 3 fully saturated rings. The Morgan fingerprint density at radius 3 is 2.64 bits per heavy atom. The third kappa shape index (κ3) is 3.67. The number of carbonyl (C=O) groups is 3. The number of carboxylic acid groups (broad SMARTS) is 1. The predicted molar refractivity (Wildman–Crippen MR) is 132 cm³/mol. The standard InChI is InChI=1S/C27H31IO5/c1-26-11-10-21-18(7-6-16-13-22(29)19(24(30)31)14-27(16,21)2)20(26)8-9-23(26)33-25(32)15-4-3-5-17(28)12-15/h3-5,12-13,18-21,23H,6-11,14H2,1-2H3,(H,30,31)/t18-,19?,20-,21+,23?,26-,27-/m0/s1. The van der Waals surface area contributed by atoms with E-state index in [4.69, 9.17) is 4.74 Å². The third-order valence-electron chi connectivity index (χ3n) is 9.54. The SMILES string of the molecule is C[C@]12CC(C(=O)O)C(=O)C=C1CC[C@@H]1[C@H]2CC[C@]2(C)C(OC(=O)c3cccc(I)c3)CC[C@@H]12. The van der Waals surface area contributed by atoms with Gasteiger partial charge in [0, 0.05) is 8.99 Å². The first-order valence-corrected chi connectivity index (χ1v) is 13.2. The van der Waals surface area contributed by atoms with Gasteiger partial charge < -0.3 is 9.84 Å². The Hall–Kier alpha value is -1.70. The lowest BCUT2D eigenvalue weighted by Gasteiger charge is -2.58. The van der Waals surface area contributed by atoms with Crippen LogP contribution in [0.5, 0.6) is 0 Å². The molecule has 1 aromatic carbocycles. The van der Waals surface area contributed by atoms with Crippen molar-refractivity contribution in [3.63, 3.8) is 0 Å². The minimum Gasteiger partial charge on any atom is -0.481 e. The van der Waals surface area contributed by atoms with E-state index in [2.05, 4.69) is 36.4 Å². The van der Waals surface area contributed by atoms with Gasteiger partial charge in [-0.15, -0.1) is 0 Å². The topological polar surface area (TPSA) is 80.7 Å². The van der Waals surface area contributed by atoms with Crippen molar-refractivity contribution in [2.24, 2.45) is 34.5 Å². The molecule has 1 N–H and O–H groups in total. The molecule has 33 heavy (non-hydrogen) atoms. The number of hydrogen-bond donors (Lipinski definition) is 1. The number of ketones is 1. The third-order valence-corrected chi connectivity index (χ3v) is 10.2. The lowest BCUT2D eigenvalue weighted by atomic mass is 9.46. The van der Waals surface area contributed by atoms with Crippen LogP contribution in [0.1, 0.15) is 69.2 Å². The van der Waals surface area contributed by atoms with Crippen LogP contribution in [0.25, 0.3) is 0 Å². The number of aliphatic carboxylic acids is 1. The molecule has 0 amide bonds. The van der Waals surface area contributed by atoms with Crippen molar-refractivity contribution in [1.82, 2.24) is 0 Å². The van der Waals surface area contributed by atoms with E-state index in [0.717, 1.165) is 47.7 Å². The fourth-order valence-corrected chi connectivity index (χ4v) is 8.35. The number of fused-ring (bicyclic) bond motifs is 5. The minimum atomic E-state index is -0.997. The number of benzene rings is 1. The van der Waals surface area contributed by atoms with Crippen molar-refractivity contribution in [2.75, 3.05) is 0 Å². The lowest BCUT2D eigenvalue weighted by Crippen LogP contribution is -2.53. The molecule has 7 atom stereocenters. The minimum absolute atomic E-state index is 0.0486. The van der Waals surface area contributed by atoms with Crippen LogP contribution in [-0.4, -0.2) is 28.9 Å². The number of rotatable bonds is 3. The molecule has 0 spiro atoms. The van der Waals surface area contributed by atoms with Gasteiger partial charge in [0.1, 0.15) is 12.0 Å². The quantitative estimate of drug-likeness (QED) is 0.292. The zero-order valence-electron chi connectivity index (χ0n) is 19.2. The van der Waals surface area contributed by atoms with Crippen LogP contribution in [-0.2, 0) is 14.3 Å². The van der Waals surface area contributed by atoms with Gasteiger partial charge in [0.05, 0.1) is 5.56 Å². The molecular formula is C27H31IO5. The second-order valence-electron chi connectivity index (χ2n) is 11.0. The normalized spacial score (nSPS) is 39.7. The van der Waals surface area contributed by atoms with Crippen LogP contribution in [0.2, 0.25) is 0 Å². The lowest BCUT2D eigenvalue weighted by molar-refractivity contribution is -0.148. The van der Waals surface area contributed by atoms with Crippen molar-refractivity contribution in [1.29, 1.82) is 0 Å². The van der Waals surface area contributed by atoms with Gasteiger partial charge in [0.2, 0.25) is 0 Å². The predicted octanol–water partition coefficient (Wildman–Crippen LogP) is 5.66. The highest BCUT2D eigenvalue weighted by Crippen LogP contribution is 2.66. The molecule has 176 valence electrons. The molecule has 0 aliphatic heterocycles. The van der Waals surface area contributed by atoms with E-state index in [1.165, 1.54) is 0 Å². The zero-order valence-corrected chi connectivity index (χ0v) is 21.3. The molecule has 1 aromatic rings. The van der Waals surface area contributed by atoms with Crippen LogP contribution < -0.4 is 0 Å². The van der Waals surface area contributed by atoms with Crippen molar-refractivity contribution in [3.05, 3.63) is 45.0 Å². The Bertz CT molecular complexity index is 1050. The average Bonchev–Trinajstić information content (AvgIpc) is 3.10. The van der Waals surface area contributed by atoms with E-state index in [9.17, 15) is 19.5 Å². The number of carboxylic acids is 1. The number of allylic oxidation sites excluding steroid dienone is 1. The Kier molecular flexibility index (Phi) is 5.73. The van der Waals surface area contributed by atoms with Gasteiger partial charge >= 0.3 is 11.9 Å². The summed E-state index contributed by atoms with van der Waals surface area (Å²) >= 11 is 2.21. The molecule has 2 unspecified atom stereocenters. The highest BCUT2D eigenvalue weighted by Gasteiger charge is 2.61. The van der Waals surface area contributed by atoms with Crippen molar-refractivity contribution >= 4 is 40.3 Å². The molecule has 0 heterocycles. The van der Waals surface area contributed by atoms with E-state index in [1.807, 2.05) is 24.3 Å². The van der Waals surface area contributed by atoms with E-state index in [-0.39, 0.29) is 28.7 Å². The summed E-state index contributed by atoms with van der Waals surface area (Å²) in [6, 6.07) is 7.53. The first kappa shape index (κ1) is 23.1.